The topological polar surface area (TPSA) is 56.8 Å². The molecule has 3 rings (SSSR count). The average molecular weight is 274 g/mol. The van der Waals surface area contributed by atoms with Crippen molar-refractivity contribution in [3.05, 3.63) is 23.8 Å². The number of ether oxygens (including phenoxy) is 2. The summed E-state index contributed by atoms with van der Waals surface area (Å²) in [6, 6.07) is 6.11. The summed E-state index contributed by atoms with van der Waals surface area (Å²) in [4.78, 5) is 4.54. The summed E-state index contributed by atoms with van der Waals surface area (Å²) in [7, 11) is 0. The molecule has 0 spiro atoms. The molecule has 108 valence electrons. The molecule has 1 aliphatic carbocycles. The molecule has 1 fully saturated rings. The minimum atomic E-state index is 0.523. The van der Waals surface area contributed by atoms with Crippen LogP contribution in [-0.2, 0) is 6.42 Å². The summed E-state index contributed by atoms with van der Waals surface area (Å²) in [5.74, 6) is 3.06. The molecule has 4 heteroatoms. The van der Waals surface area contributed by atoms with Crippen molar-refractivity contribution in [3.8, 4) is 11.5 Å². The minimum absolute atomic E-state index is 0.523. The zero-order chi connectivity index (χ0) is 13.8. The van der Waals surface area contributed by atoms with E-state index in [1.54, 1.807) is 0 Å². The highest BCUT2D eigenvalue weighted by molar-refractivity contribution is 5.83. The number of rotatable bonds is 4. The molecule has 2 N–H and O–H groups in total. The van der Waals surface area contributed by atoms with Gasteiger partial charge in [-0.3, -0.25) is 4.99 Å². The van der Waals surface area contributed by atoms with E-state index in [4.69, 9.17) is 15.2 Å². The first-order valence-corrected chi connectivity index (χ1v) is 7.51. The Morgan fingerprint density at radius 2 is 1.90 bits per heavy atom. The molecule has 0 aromatic heterocycles. The number of benzene rings is 1. The molecule has 1 aromatic rings. The first-order chi connectivity index (χ1) is 9.83. The second kappa shape index (κ2) is 6.16. The summed E-state index contributed by atoms with van der Waals surface area (Å²) in [6.45, 7) is 2.01. The lowest BCUT2D eigenvalue weighted by atomic mass is 10.1. The molecular formula is C16H22N2O2. The van der Waals surface area contributed by atoms with E-state index in [2.05, 4.69) is 17.1 Å². The fraction of sp³-hybridized carbons (Fsp3) is 0.562. The largest absolute Gasteiger partial charge is 0.486 e. The van der Waals surface area contributed by atoms with Crippen LogP contribution in [0.25, 0.3) is 0 Å². The van der Waals surface area contributed by atoms with Crippen LogP contribution < -0.4 is 15.2 Å². The van der Waals surface area contributed by atoms with Crippen LogP contribution in [0.4, 0.5) is 0 Å². The molecular weight excluding hydrogens is 252 g/mol. The lowest BCUT2D eigenvalue weighted by molar-refractivity contribution is 0.171. The highest BCUT2D eigenvalue weighted by Crippen LogP contribution is 2.31. The van der Waals surface area contributed by atoms with Crippen LogP contribution in [0.1, 0.15) is 31.2 Å². The first kappa shape index (κ1) is 13.3. The molecule has 2 aliphatic rings. The predicted octanol–water partition coefficient (Wildman–Crippen LogP) is 2.55. The summed E-state index contributed by atoms with van der Waals surface area (Å²) in [5, 5.41) is 0. The number of nitrogens with zero attached hydrogens (tertiary/aromatic N) is 1. The van der Waals surface area contributed by atoms with Crippen molar-refractivity contribution in [2.75, 3.05) is 19.8 Å². The molecule has 0 saturated heterocycles. The lowest BCUT2D eigenvalue weighted by Gasteiger charge is -2.18. The van der Waals surface area contributed by atoms with Crippen molar-refractivity contribution < 1.29 is 9.47 Å². The highest BCUT2D eigenvalue weighted by Gasteiger charge is 2.18. The Labute approximate surface area is 120 Å². The Balaban J connectivity index is 1.56. The van der Waals surface area contributed by atoms with E-state index in [-0.39, 0.29) is 0 Å². The van der Waals surface area contributed by atoms with Crippen molar-refractivity contribution >= 4 is 5.84 Å². The zero-order valence-electron chi connectivity index (χ0n) is 11.8. The van der Waals surface area contributed by atoms with Crippen LogP contribution in [0.5, 0.6) is 11.5 Å². The third-order valence-electron chi connectivity index (χ3n) is 4.07. The van der Waals surface area contributed by atoms with Crippen LogP contribution in [0.2, 0.25) is 0 Å². The van der Waals surface area contributed by atoms with Gasteiger partial charge in [-0.15, -0.1) is 0 Å². The second-order valence-corrected chi connectivity index (χ2v) is 5.52. The van der Waals surface area contributed by atoms with Crippen molar-refractivity contribution in [1.29, 1.82) is 0 Å². The maximum Gasteiger partial charge on any atom is 0.161 e. The number of nitrogens with two attached hydrogens (primary N) is 1. The number of hydrogen-bond acceptors (Lipinski definition) is 3. The smallest absolute Gasteiger partial charge is 0.161 e. The van der Waals surface area contributed by atoms with Gasteiger partial charge in [-0.1, -0.05) is 18.9 Å². The predicted molar refractivity (Wildman–Crippen MR) is 79.6 cm³/mol. The summed E-state index contributed by atoms with van der Waals surface area (Å²) >= 11 is 0. The molecule has 1 saturated carbocycles. The van der Waals surface area contributed by atoms with Crippen molar-refractivity contribution in [2.24, 2.45) is 16.6 Å². The summed E-state index contributed by atoms with van der Waals surface area (Å²) in [5.41, 5.74) is 7.28. The van der Waals surface area contributed by atoms with Gasteiger partial charge in [0, 0.05) is 12.5 Å². The normalized spacial score (nSPS) is 19.3. The average Bonchev–Trinajstić information content (AvgIpc) is 3.01. The Hall–Kier alpha value is -1.71. The Morgan fingerprint density at radius 1 is 1.15 bits per heavy atom. The Morgan fingerprint density at radius 3 is 2.70 bits per heavy atom. The van der Waals surface area contributed by atoms with Gasteiger partial charge in [0.2, 0.25) is 0 Å². The Bertz CT molecular complexity index is 493. The van der Waals surface area contributed by atoms with E-state index in [0.29, 0.717) is 19.1 Å². The van der Waals surface area contributed by atoms with E-state index >= 15 is 0 Å². The van der Waals surface area contributed by atoms with Gasteiger partial charge in [0.25, 0.3) is 0 Å². The molecule has 0 atom stereocenters. The van der Waals surface area contributed by atoms with Gasteiger partial charge in [-0.25, -0.2) is 0 Å². The van der Waals surface area contributed by atoms with Crippen molar-refractivity contribution in [2.45, 2.75) is 32.1 Å². The van der Waals surface area contributed by atoms with Gasteiger partial charge in [0.15, 0.2) is 11.5 Å². The van der Waals surface area contributed by atoms with Gasteiger partial charge in [-0.05, 0) is 37.0 Å². The van der Waals surface area contributed by atoms with Crippen LogP contribution in [0.15, 0.2) is 23.2 Å². The monoisotopic (exact) mass is 274 g/mol. The van der Waals surface area contributed by atoms with E-state index < -0.39 is 0 Å². The second-order valence-electron chi connectivity index (χ2n) is 5.52. The van der Waals surface area contributed by atoms with Crippen LogP contribution in [0, 0.1) is 5.92 Å². The zero-order valence-corrected chi connectivity index (χ0v) is 11.8. The summed E-state index contributed by atoms with van der Waals surface area (Å²) < 4.78 is 11.1. The lowest BCUT2D eigenvalue weighted by Crippen LogP contribution is -2.22. The molecule has 1 aromatic carbocycles. The van der Waals surface area contributed by atoms with Crippen LogP contribution in [0.3, 0.4) is 0 Å². The molecule has 0 amide bonds. The standard InChI is InChI=1S/C16H22N2O2/c17-16(13-3-1-2-4-13)18-8-7-12-5-6-14-15(11-12)20-10-9-19-14/h5-6,11,13H,1-4,7-10H2,(H2,17,18). The third kappa shape index (κ3) is 3.06. The number of aliphatic imine (C=N–C) groups is 1. The van der Waals surface area contributed by atoms with Crippen molar-refractivity contribution in [3.63, 3.8) is 0 Å². The fourth-order valence-corrected chi connectivity index (χ4v) is 2.91. The minimum Gasteiger partial charge on any atom is -0.486 e. The van der Waals surface area contributed by atoms with Gasteiger partial charge in [-0.2, -0.15) is 0 Å². The molecule has 20 heavy (non-hydrogen) atoms. The van der Waals surface area contributed by atoms with E-state index in [9.17, 15) is 0 Å². The van der Waals surface area contributed by atoms with Crippen molar-refractivity contribution in [1.82, 2.24) is 0 Å². The number of amidine groups is 1. The highest BCUT2D eigenvalue weighted by atomic mass is 16.6. The van der Waals surface area contributed by atoms with Gasteiger partial charge in [0.1, 0.15) is 13.2 Å². The van der Waals surface area contributed by atoms with Gasteiger partial charge < -0.3 is 15.2 Å². The third-order valence-corrected chi connectivity index (χ3v) is 4.07. The fourth-order valence-electron chi connectivity index (χ4n) is 2.91. The molecule has 4 nitrogen and oxygen atoms in total. The maximum atomic E-state index is 6.06. The molecule has 0 radical (unpaired) electrons. The van der Waals surface area contributed by atoms with Gasteiger partial charge in [0.05, 0.1) is 5.84 Å². The molecule has 1 aliphatic heterocycles. The molecule has 1 heterocycles. The maximum absolute atomic E-state index is 6.06. The first-order valence-electron chi connectivity index (χ1n) is 7.51. The van der Waals surface area contributed by atoms with Gasteiger partial charge >= 0.3 is 0 Å². The van der Waals surface area contributed by atoms with E-state index in [1.807, 2.05) is 6.07 Å². The number of hydrogen-bond donors (Lipinski definition) is 1. The van der Waals surface area contributed by atoms with E-state index in [0.717, 1.165) is 30.3 Å². The quantitative estimate of drug-likeness (QED) is 0.678. The Kier molecular flexibility index (Phi) is 4.09. The SMILES string of the molecule is NC(=NCCc1ccc2c(c1)OCCO2)C1CCCC1. The van der Waals surface area contributed by atoms with Crippen LogP contribution in [-0.4, -0.2) is 25.6 Å². The number of fused-ring (bicyclic) bond motifs is 1. The summed E-state index contributed by atoms with van der Waals surface area (Å²) in [6.07, 6.45) is 5.90. The van der Waals surface area contributed by atoms with E-state index in [1.165, 1.54) is 31.2 Å². The molecule has 0 bridgehead atoms. The van der Waals surface area contributed by atoms with Crippen LogP contribution >= 0.6 is 0 Å². The molecule has 0 unspecified atom stereocenters.